The topological polar surface area (TPSA) is 390 Å². The molecule has 0 aliphatic carbocycles. The molecule has 4 rings (SSSR count). The number of aliphatic hydroxyl groups is 10. The van der Waals surface area contributed by atoms with Gasteiger partial charge in [0.05, 0.1) is 38.2 Å². The zero-order valence-corrected chi connectivity index (χ0v) is 35.2. The van der Waals surface area contributed by atoms with Crippen LogP contribution in [0.4, 0.5) is 0 Å². The van der Waals surface area contributed by atoms with E-state index in [1.54, 1.807) is 10.9 Å². The standard InChI is InChI=1S/C38H66N6O19/c1-19(47)22(9-2-4-12-39)41-42-26(49)11-10-20-15-44(43-40-20)13-5-3-7-21(48)8-6-14-58-37-34(57)35(63-38-33(56)31(54)28(51)24(17-46)61-38)29(52)25(62-37)18-59-36-32(55)30(53)27(50)23(16-45)60-36/h15,22-25,27-38,41,45-46,50-57H,2-14,16-18,39H2,1H3,(H,42,49)/t22-,23+,24+,25+,27+,28+,29+,30-,31-,32-,33-,34-,35-,36-,37-,38+/m0/s1. The molecule has 0 unspecified atom stereocenters. The van der Waals surface area contributed by atoms with Gasteiger partial charge in [-0.25, -0.2) is 5.43 Å². The number of rotatable bonds is 27. The van der Waals surface area contributed by atoms with Gasteiger partial charge in [0.25, 0.3) is 0 Å². The lowest BCUT2D eigenvalue weighted by molar-refractivity contribution is -0.366. The van der Waals surface area contributed by atoms with Gasteiger partial charge in [-0.05, 0) is 45.6 Å². The molecular weight excluding hydrogens is 844 g/mol. The maximum Gasteiger partial charge on any atom is 0.234 e. The Morgan fingerprint density at radius 1 is 0.746 bits per heavy atom. The summed E-state index contributed by atoms with van der Waals surface area (Å²) in [5, 5.41) is 111. The zero-order chi connectivity index (χ0) is 46.2. The van der Waals surface area contributed by atoms with Crippen LogP contribution in [0.1, 0.15) is 70.4 Å². The van der Waals surface area contributed by atoms with Crippen LogP contribution in [0.2, 0.25) is 0 Å². The molecule has 362 valence electrons. The predicted octanol–water partition coefficient (Wildman–Crippen LogP) is -6.10. The van der Waals surface area contributed by atoms with E-state index in [4.69, 9.17) is 34.2 Å². The van der Waals surface area contributed by atoms with E-state index in [2.05, 4.69) is 21.2 Å². The molecule has 1 amide bonds. The number of amides is 1. The number of nitrogens with two attached hydrogens (primary N) is 1. The van der Waals surface area contributed by atoms with Gasteiger partial charge in [0.15, 0.2) is 18.9 Å². The van der Waals surface area contributed by atoms with Crippen LogP contribution in [0.25, 0.3) is 0 Å². The van der Waals surface area contributed by atoms with Crippen molar-refractivity contribution < 1.29 is 93.9 Å². The normalized spacial score (nSPS) is 34.1. The molecule has 14 N–H and O–H groups in total. The van der Waals surface area contributed by atoms with Crippen molar-refractivity contribution in [1.29, 1.82) is 0 Å². The average molecular weight is 911 g/mol. The summed E-state index contributed by atoms with van der Waals surface area (Å²) in [4.78, 5) is 36.8. The number of Topliss-reactive ketones (excluding diaryl/α,β-unsaturated/α-hetero) is 2. The van der Waals surface area contributed by atoms with Gasteiger partial charge in [-0.3, -0.25) is 24.5 Å². The summed E-state index contributed by atoms with van der Waals surface area (Å²) in [6.45, 7) is 0.206. The number of aliphatic hydroxyl groups excluding tert-OH is 10. The highest BCUT2D eigenvalue weighted by atomic mass is 16.7. The molecule has 0 spiro atoms. The number of ether oxygens (including phenoxy) is 6. The van der Waals surface area contributed by atoms with E-state index in [9.17, 15) is 65.4 Å². The van der Waals surface area contributed by atoms with E-state index < -0.39 is 118 Å². The van der Waals surface area contributed by atoms with Crippen molar-refractivity contribution in [1.82, 2.24) is 25.8 Å². The Morgan fingerprint density at radius 2 is 1.37 bits per heavy atom. The molecule has 0 saturated carbocycles. The Morgan fingerprint density at radius 3 is 2.02 bits per heavy atom. The lowest BCUT2D eigenvalue weighted by Crippen LogP contribution is -2.65. The van der Waals surface area contributed by atoms with Gasteiger partial charge in [0.1, 0.15) is 84.8 Å². The summed E-state index contributed by atoms with van der Waals surface area (Å²) >= 11 is 0. The molecular formula is C38H66N6O19. The summed E-state index contributed by atoms with van der Waals surface area (Å²) < 4.78 is 35.1. The fraction of sp³-hybridized carbons (Fsp3) is 0.868. The first-order valence-electron chi connectivity index (χ1n) is 21.3. The lowest BCUT2D eigenvalue weighted by Gasteiger charge is -2.46. The first-order valence-corrected chi connectivity index (χ1v) is 21.3. The molecule has 16 atom stereocenters. The molecule has 0 aromatic carbocycles. The number of hydrogen-bond donors (Lipinski definition) is 13. The van der Waals surface area contributed by atoms with E-state index in [0.29, 0.717) is 44.5 Å². The van der Waals surface area contributed by atoms with Crippen molar-refractivity contribution in [2.24, 2.45) is 5.73 Å². The Kier molecular flexibility index (Phi) is 22.1. The Labute approximate surface area is 363 Å². The van der Waals surface area contributed by atoms with E-state index in [-0.39, 0.29) is 49.8 Å². The van der Waals surface area contributed by atoms with Crippen LogP contribution in [-0.4, -0.2) is 215 Å². The van der Waals surface area contributed by atoms with Crippen molar-refractivity contribution in [3.05, 3.63) is 11.9 Å². The van der Waals surface area contributed by atoms with E-state index in [0.717, 1.165) is 12.8 Å². The van der Waals surface area contributed by atoms with Gasteiger partial charge in [-0.2, -0.15) is 0 Å². The molecule has 3 saturated heterocycles. The van der Waals surface area contributed by atoms with Crippen molar-refractivity contribution >= 4 is 17.5 Å². The van der Waals surface area contributed by atoms with Gasteiger partial charge in [0, 0.05) is 38.4 Å². The minimum Gasteiger partial charge on any atom is -0.394 e. The third-order valence-corrected chi connectivity index (χ3v) is 11.0. The van der Waals surface area contributed by atoms with Gasteiger partial charge < -0.3 is 85.2 Å². The number of unbranched alkanes of at least 4 members (excludes halogenated alkanes) is 2. The van der Waals surface area contributed by atoms with Crippen molar-refractivity contribution in [3.8, 4) is 0 Å². The van der Waals surface area contributed by atoms with Gasteiger partial charge in [-0.1, -0.05) is 11.6 Å². The number of carbonyl (C=O) groups excluding carboxylic acids is 3. The SMILES string of the molecule is CC(=O)[C@H](CCCCN)NNC(=O)CCc1cn(CCCCC(=O)CCCO[C@H]2O[C@H](CO[C@H]3O[C@H](CO)[C@@H](O)[C@H](O)[C@@H]3O)[C@@H](O)[C@H](O[C@H]3O[C@H](CO)[C@@H](O)[C@H](O)[C@@H]3O)[C@@H]2O)nn1. The summed E-state index contributed by atoms with van der Waals surface area (Å²) in [7, 11) is 0. The summed E-state index contributed by atoms with van der Waals surface area (Å²) in [6.07, 6.45) is -19.1. The van der Waals surface area contributed by atoms with Crippen molar-refractivity contribution in [2.75, 3.05) is 33.0 Å². The van der Waals surface area contributed by atoms with Gasteiger partial charge in [-0.15, -0.1) is 5.10 Å². The largest absolute Gasteiger partial charge is 0.394 e. The maximum absolute atomic E-state index is 12.7. The number of nitrogens with zero attached hydrogens (tertiary/aromatic N) is 3. The highest BCUT2D eigenvalue weighted by Gasteiger charge is 2.52. The number of ketones is 2. The van der Waals surface area contributed by atoms with Gasteiger partial charge in [0.2, 0.25) is 5.91 Å². The van der Waals surface area contributed by atoms with Crippen LogP contribution >= 0.6 is 0 Å². The van der Waals surface area contributed by atoms with Crippen LogP contribution in [0.3, 0.4) is 0 Å². The lowest BCUT2D eigenvalue weighted by atomic mass is 9.96. The first-order chi connectivity index (χ1) is 30.1. The highest BCUT2D eigenvalue weighted by molar-refractivity contribution is 5.82. The third-order valence-electron chi connectivity index (χ3n) is 11.0. The van der Waals surface area contributed by atoms with E-state index >= 15 is 0 Å². The Hall–Kier alpha value is -2.77. The molecule has 1 aromatic heterocycles. The number of hydrazine groups is 1. The second-order valence-corrected chi connectivity index (χ2v) is 15.9. The zero-order valence-electron chi connectivity index (χ0n) is 35.2. The minimum absolute atomic E-state index is 0.0703. The van der Waals surface area contributed by atoms with Crippen LogP contribution < -0.4 is 16.6 Å². The van der Waals surface area contributed by atoms with Crippen LogP contribution in [0.5, 0.6) is 0 Å². The highest BCUT2D eigenvalue weighted by Crippen LogP contribution is 2.31. The summed E-state index contributed by atoms with van der Waals surface area (Å²) in [5.74, 6) is -0.453. The number of nitrogens with one attached hydrogen (secondary N) is 2. The average Bonchev–Trinajstić information content (AvgIpc) is 3.73. The quantitative estimate of drug-likeness (QED) is 0.0288. The Balaban J connectivity index is 1.22. The summed E-state index contributed by atoms with van der Waals surface area (Å²) in [5.41, 5.74) is 11.5. The van der Waals surface area contributed by atoms with Crippen LogP contribution in [0.15, 0.2) is 6.20 Å². The molecule has 1 aromatic rings. The van der Waals surface area contributed by atoms with Gasteiger partial charge >= 0.3 is 0 Å². The molecule has 3 aliphatic heterocycles. The number of hydrogen-bond acceptors (Lipinski definition) is 23. The minimum atomic E-state index is -1.90. The molecule has 3 fully saturated rings. The van der Waals surface area contributed by atoms with E-state index in [1.807, 2.05) is 0 Å². The monoisotopic (exact) mass is 910 g/mol. The molecule has 4 heterocycles. The third kappa shape index (κ3) is 15.4. The van der Waals surface area contributed by atoms with Crippen LogP contribution in [-0.2, 0) is 55.8 Å². The first kappa shape index (κ1) is 52.9. The molecule has 0 bridgehead atoms. The molecule has 3 aliphatic rings. The molecule has 25 heteroatoms. The second kappa shape index (κ2) is 26.4. The molecule has 0 radical (unpaired) electrons. The van der Waals surface area contributed by atoms with E-state index in [1.165, 1.54) is 6.92 Å². The second-order valence-electron chi connectivity index (χ2n) is 15.9. The predicted molar refractivity (Wildman–Crippen MR) is 210 cm³/mol. The molecule has 25 nitrogen and oxygen atoms in total. The van der Waals surface area contributed by atoms with Crippen LogP contribution in [0, 0.1) is 0 Å². The fourth-order valence-corrected chi connectivity index (χ4v) is 7.16. The Bertz CT molecular complexity index is 1530. The smallest absolute Gasteiger partial charge is 0.234 e. The number of aryl methyl sites for hydroxylation is 2. The number of carbonyl (C=O) groups is 3. The molecule has 63 heavy (non-hydrogen) atoms. The van der Waals surface area contributed by atoms with Crippen molar-refractivity contribution in [2.45, 2.75) is 176 Å². The number of aromatic nitrogens is 3. The fourth-order valence-electron chi connectivity index (χ4n) is 7.16. The maximum atomic E-state index is 12.7. The summed E-state index contributed by atoms with van der Waals surface area (Å²) in [6, 6.07) is -0.492. The van der Waals surface area contributed by atoms with Crippen molar-refractivity contribution in [3.63, 3.8) is 0 Å².